The van der Waals surface area contributed by atoms with Gasteiger partial charge in [-0.2, -0.15) is 0 Å². The molecular formula is C6H14N2O. The van der Waals surface area contributed by atoms with Crippen LogP contribution < -0.4 is 11.1 Å². The molecule has 0 unspecified atom stereocenters. The van der Waals surface area contributed by atoms with E-state index in [4.69, 9.17) is 10.8 Å². The van der Waals surface area contributed by atoms with Gasteiger partial charge in [0.25, 0.3) is 0 Å². The summed E-state index contributed by atoms with van der Waals surface area (Å²) < 4.78 is 0. The highest BCUT2D eigenvalue weighted by Crippen LogP contribution is 2.33. The summed E-state index contributed by atoms with van der Waals surface area (Å²) in [6.45, 7) is 1.59. The lowest BCUT2D eigenvalue weighted by atomic mass is 10.3. The molecule has 54 valence electrons. The van der Waals surface area contributed by atoms with Crippen LogP contribution in [0.25, 0.3) is 0 Å². The van der Waals surface area contributed by atoms with E-state index >= 15 is 0 Å². The number of aliphatic hydroxyl groups is 1. The van der Waals surface area contributed by atoms with E-state index in [1.165, 1.54) is 12.8 Å². The molecule has 0 atom stereocenters. The zero-order chi connectivity index (χ0) is 6.74. The Bertz CT molecular complexity index is 91.1. The topological polar surface area (TPSA) is 58.3 Å². The molecular weight excluding hydrogens is 116 g/mol. The first-order valence-corrected chi connectivity index (χ1v) is 3.39. The van der Waals surface area contributed by atoms with E-state index in [2.05, 4.69) is 5.32 Å². The Kier molecular flexibility index (Phi) is 2.05. The summed E-state index contributed by atoms with van der Waals surface area (Å²) in [4.78, 5) is 0. The molecule has 0 aliphatic heterocycles. The first-order chi connectivity index (χ1) is 4.33. The summed E-state index contributed by atoms with van der Waals surface area (Å²) in [7, 11) is 0. The minimum atomic E-state index is 0.210. The molecule has 0 aromatic heterocycles. The van der Waals surface area contributed by atoms with Gasteiger partial charge in [-0.1, -0.05) is 0 Å². The van der Waals surface area contributed by atoms with Gasteiger partial charge in [0.15, 0.2) is 0 Å². The number of β-amino-alcohol motifs (C(OH)–C–C–N with tert-alkyl or cyclic N) is 1. The molecule has 0 bridgehead atoms. The highest BCUT2D eigenvalue weighted by molar-refractivity contribution is 5.02. The van der Waals surface area contributed by atoms with Gasteiger partial charge < -0.3 is 16.2 Å². The number of hydrogen-bond donors (Lipinski definition) is 3. The van der Waals surface area contributed by atoms with E-state index in [0.29, 0.717) is 13.1 Å². The summed E-state index contributed by atoms with van der Waals surface area (Å²) in [5, 5.41) is 11.6. The smallest absolute Gasteiger partial charge is 0.0556 e. The van der Waals surface area contributed by atoms with E-state index in [-0.39, 0.29) is 12.1 Å². The Morgan fingerprint density at radius 1 is 1.56 bits per heavy atom. The lowest BCUT2D eigenvalue weighted by molar-refractivity contribution is 0.282. The fourth-order valence-corrected chi connectivity index (χ4v) is 0.925. The maximum absolute atomic E-state index is 8.45. The van der Waals surface area contributed by atoms with Crippen LogP contribution in [0.1, 0.15) is 12.8 Å². The van der Waals surface area contributed by atoms with Crippen molar-refractivity contribution in [2.24, 2.45) is 5.73 Å². The summed E-state index contributed by atoms with van der Waals surface area (Å²) >= 11 is 0. The number of rotatable bonds is 4. The van der Waals surface area contributed by atoms with Gasteiger partial charge in [0.2, 0.25) is 0 Å². The van der Waals surface area contributed by atoms with Crippen LogP contribution in [0, 0.1) is 0 Å². The summed E-state index contributed by atoms with van der Waals surface area (Å²) in [5.74, 6) is 0. The Labute approximate surface area is 55.2 Å². The van der Waals surface area contributed by atoms with Crippen molar-refractivity contribution < 1.29 is 5.11 Å². The number of hydrogen-bond acceptors (Lipinski definition) is 3. The van der Waals surface area contributed by atoms with Crippen molar-refractivity contribution in [3.8, 4) is 0 Å². The van der Waals surface area contributed by atoms with Gasteiger partial charge >= 0.3 is 0 Å². The second-order valence-electron chi connectivity index (χ2n) is 2.63. The molecule has 3 nitrogen and oxygen atoms in total. The minimum Gasteiger partial charge on any atom is -0.395 e. The van der Waals surface area contributed by atoms with Crippen molar-refractivity contribution in [3.63, 3.8) is 0 Å². The van der Waals surface area contributed by atoms with Gasteiger partial charge in [0.05, 0.1) is 6.61 Å². The molecule has 0 saturated heterocycles. The Balaban J connectivity index is 2.10. The average Bonchev–Trinajstić information content (AvgIpc) is 2.65. The quantitative estimate of drug-likeness (QED) is 0.460. The molecule has 0 spiro atoms. The molecule has 4 N–H and O–H groups in total. The van der Waals surface area contributed by atoms with Crippen LogP contribution in [0.2, 0.25) is 0 Å². The van der Waals surface area contributed by atoms with Crippen LogP contribution in [0.3, 0.4) is 0 Å². The molecule has 1 aliphatic rings. The van der Waals surface area contributed by atoms with Crippen molar-refractivity contribution in [2.75, 3.05) is 19.7 Å². The molecule has 0 heterocycles. The molecule has 0 radical (unpaired) electrons. The molecule has 0 amide bonds. The number of nitrogens with two attached hydrogens (primary N) is 1. The number of aliphatic hydroxyl groups excluding tert-OH is 1. The van der Waals surface area contributed by atoms with Gasteiger partial charge in [-0.05, 0) is 12.8 Å². The Morgan fingerprint density at radius 3 is 2.56 bits per heavy atom. The van der Waals surface area contributed by atoms with Crippen molar-refractivity contribution >= 4 is 0 Å². The molecule has 1 aliphatic carbocycles. The van der Waals surface area contributed by atoms with Crippen LogP contribution in [0.5, 0.6) is 0 Å². The summed E-state index contributed by atoms with van der Waals surface area (Å²) in [6.07, 6.45) is 2.34. The van der Waals surface area contributed by atoms with Crippen molar-refractivity contribution in [1.29, 1.82) is 0 Å². The van der Waals surface area contributed by atoms with Crippen LogP contribution in [-0.4, -0.2) is 30.3 Å². The lowest BCUT2D eigenvalue weighted by Crippen LogP contribution is -2.39. The Hall–Kier alpha value is -0.120. The summed E-state index contributed by atoms with van der Waals surface area (Å²) in [6, 6.07) is 0. The monoisotopic (exact) mass is 130 g/mol. The molecule has 1 rings (SSSR count). The molecule has 1 saturated carbocycles. The van der Waals surface area contributed by atoms with Crippen LogP contribution in [0.15, 0.2) is 0 Å². The fourth-order valence-electron chi connectivity index (χ4n) is 0.925. The van der Waals surface area contributed by atoms with Gasteiger partial charge in [-0.15, -0.1) is 0 Å². The predicted octanol–water partition coefficient (Wildman–Crippen LogP) is -0.940. The molecule has 9 heavy (non-hydrogen) atoms. The predicted molar refractivity (Wildman–Crippen MR) is 36.1 cm³/mol. The third kappa shape index (κ3) is 1.64. The van der Waals surface area contributed by atoms with Crippen molar-refractivity contribution in [2.45, 2.75) is 18.4 Å². The van der Waals surface area contributed by atoms with E-state index < -0.39 is 0 Å². The third-order valence-electron chi connectivity index (χ3n) is 1.86. The van der Waals surface area contributed by atoms with Crippen molar-refractivity contribution in [1.82, 2.24) is 5.32 Å². The van der Waals surface area contributed by atoms with E-state index in [0.717, 1.165) is 0 Å². The van der Waals surface area contributed by atoms with Crippen LogP contribution in [0.4, 0.5) is 0 Å². The van der Waals surface area contributed by atoms with E-state index in [9.17, 15) is 0 Å². The highest BCUT2D eigenvalue weighted by atomic mass is 16.3. The van der Waals surface area contributed by atoms with Gasteiger partial charge in [-0.3, -0.25) is 0 Å². The molecule has 0 aromatic carbocycles. The van der Waals surface area contributed by atoms with Gasteiger partial charge in [0, 0.05) is 18.6 Å². The second-order valence-corrected chi connectivity index (χ2v) is 2.63. The van der Waals surface area contributed by atoms with Crippen LogP contribution in [-0.2, 0) is 0 Å². The highest BCUT2D eigenvalue weighted by Gasteiger charge is 2.40. The third-order valence-corrected chi connectivity index (χ3v) is 1.86. The first kappa shape index (κ1) is 6.99. The molecule has 3 heteroatoms. The zero-order valence-corrected chi connectivity index (χ0v) is 5.56. The number of nitrogens with one attached hydrogen (secondary N) is 1. The SMILES string of the molecule is NCC1(NCCO)CC1. The second kappa shape index (κ2) is 2.64. The van der Waals surface area contributed by atoms with E-state index in [1.54, 1.807) is 0 Å². The van der Waals surface area contributed by atoms with Gasteiger partial charge in [0.1, 0.15) is 0 Å². The standard InChI is InChI=1S/C6H14N2O/c7-5-6(1-2-6)8-3-4-9/h8-9H,1-5,7H2. The first-order valence-electron chi connectivity index (χ1n) is 3.39. The zero-order valence-electron chi connectivity index (χ0n) is 5.56. The normalized spacial score (nSPS) is 22.0. The van der Waals surface area contributed by atoms with Crippen LogP contribution >= 0.6 is 0 Å². The summed E-state index contributed by atoms with van der Waals surface area (Å²) in [5.41, 5.74) is 5.68. The maximum Gasteiger partial charge on any atom is 0.0556 e. The largest absolute Gasteiger partial charge is 0.395 e. The molecule has 1 fully saturated rings. The molecule has 0 aromatic rings. The fraction of sp³-hybridized carbons (Fsp3) is 1.00. The van der Waals surface area contributed by atoms with E-state index in [1.807, 2.05) is 0 Å². The minimum absolute atomic E-state index is 0.210. The lowest BCUT2D eigenvalue weighted by Gasteiger charge is -2.12. The van der Waals surface area contributed by atoms with Gasteiger partial charge in [-0.25, -0.2) is 0 Å². The average molecular weight is 130 g/mol. The Morgan fingerprint density at radius 2 is 2.22 bits per heavy atom. The van der Waals surface area contributed by atoms with Crippen molar-refractivity contribution in [3.05, 3.63) is 0 Å². The maximum atomic E-state index is 8.45.